The summed E-state index contributed by atoms with van der Waals surface area (Å²) >= 11 is 0. The van der Waals surface area contributed by atoms with Gasteiger partial charge < -0.3 is 14.2 Å². The van der Waals surface area contributed by atoms with Crippen LogP contribution in [-0.4, -0.2) is 21.3 Å². The molecule has 0 heterocycles. The van der Waals surface area contributed by atoms with Crippen LogP contribution in [0.25, 0.3) is 11.1 Å². The molecular formula is C15H15O3. The minimum atomic E-state index is 0.699. The van der Waals surface area contributed by atoms with E-state index >= 15 is 0 Å². The van der Waals surface area contributed by atoms with Gasteiger partial charge in [0.25, 0.3) is 0 Å². The number of ether oxygens (including phenoxy) is 3. The summed E-state index contributed by atoms with van der Waals surface area (Å²) in [5.74, 6) is 2.15. The van der Waals surface area contributed by atoms with Crippen molar-refractivity contribution in [2.75, 3.05) is 21.3 Å². The van der Waals surface area contributed by atoms with Crippen LogP contribution in [-0.2, 0) is 0 Å². The fourth-order valence-corrected chi connectivity index (χ4v) is 1.91. The standard InChI is InChI=1S/C15H15O3/c1-16-13-9-5-4-7-11(13)12-8-6-10-14(17-2)15(12)18-3/h4,6-10H,1-3H3. The smallest absolute Gasteiger partial charge is 0.168 e. The lowest BCUT2D eigenvalue weighted by molar-refractivity contribution is 0.356. The summed E-state index contributed by atoms with van der Waals surface area (Å²) in [5, 5.41) is 0. The molecule has 2 aromatic carbocycles. The molecule has 0 saturated carbocycles. The summed E-state index contributed by atoms with van der Waals surface area (Å²) in [4.78, 5) is 0. The number of benzene rings is 2. The van der Waals surface area contributed by atoms with Gasteiger partial charge in [-0.15, -0.1) is 0 Å². The molecule has 2 rings (SSSR count). The monoisotopic (exact) mass is 243 g/mol. The molecule has 93 valence electrons. The van der Waals surface area contributed by atoms with Crippen LogP contribution in [0.5, 0.6) is 17.2 Å². The van der Waals surface area contributed by atoms with E-state index in [1.165, 1.54) is 0 Å². The Labute approximate surface area is 107 Å². The Hall–Kier alpha value is -2.16. The molecule has 0 spiro atoms. The molecule has 0 bridgehead atoms. The normalized spacial score (nSPS) is 9.94. The minimum absolute atomic E-state index is 0.699. The molecular weight excluding hydrogens is 228 g/mol. The Morgan fingerprint density at radius 1 is 0.833 bits per heavy atom. The van der Waals surface area contributed by atoms with E-state index in [1.807, 2.05) is 30.3 Å². The predicted molar refractivity (Wildman–Crippen MR) is 70.4 cm³/mol. The maximum atomic E-state index is 5.43. The second kappa shape index (κ2) is 5.45. The van der Waals surface area contributed by atoms with Gasteiger partial charge in [0.1, 0.15) is 5.75 Å². The Bertz CT molecular complexity index is 535. The summed E-state index contributed by atoms with van der Waals surface area (Å²) in [5.41, 5.74) is 1.88. The van der Waals surface area contributed by atoms with Gasteiger partial charge in [-0.05, 0) is 24.3 Å². The van der Waals surface area contributed by atoms with Crippen molar-refractivity contribution >= 4 is 0 Å². The Balaban J connectivity index is 2.63. The molecule has 18 heavy (non-hydrogen) atoms. The Morgan fingerprint density at radius 2 is 1.61 bits per heavy atom. The molecule has 0 N–H and O–H groups in total. The molecule has 0 atom stereocenters. The van der Waals surface area contributed by atoms with Crippen molar-refractivity contribution in [3.05, 3.63) is 42.5 Å². The molecule has 0 aliphatic heterocycles. The van der Waals surface area contributed by atoms with Gasteiger partial charge in [0.2, 0.25) is 0 Å². The van der Waals surface area contributed by atoms with Crippen molar-refractivity contribution in [3.8, 4) is 28.4 Å². The Kier molecular flexibility index (Phi) is 3.72. The van der Waals surface area contributed by atoms with Crippen LogP contribution < -0.4 is 14.2 Å². The van der Waals surface area contributed by atoms with E-state index in [4.69, 9.17) is 14.2 Å². The second-order valence-corrected chi connectivity index (χ2v) is 3.67. The zero-order chi connectivity index (χ0) is 13.0. The number of rotatable bonds is 4. The van der Waals surface area contributed by atoms with Crippen molar-refractivity contribution in [3.63, 3.8) is 0 Å². The lowest BCUT2D eigenvalue weighted by Crippen LogP contribution is -1.94. The van der Waals surface area contributed by atoms with Gasteiger partial charge in [0, 0.05) is 11.1 Å². The van der Waals surface area contributed by atoms with E-state index < -0.39 is 0 Å². The van der Waals surface area contributed by atoms with Gasteiger partial charge in [0.05, 0.1) is 21.3 Å². The van der Waals surface area contributed by atoms with Crippen LogP contribution in [0.2, 0.25) is 0 Å². The van der Waals surface area contributed by atoms with Crippen LogP contribution in [0.15, 0.2) is 36.4 Å². The molecule has 0 aliphatic carbocycles. The van der Waals surface area contributed by atoms with Crippen molar-refractivity contribution in [1.29, 1.82) is 0 Å². The summed E-state index contributed by atoms with van der Waals surface area (Å²) in [6, 6.07) is 14.3. The zero-order valence-corrected chi connectivity index (χ0v) is 10.7. The van der Waals surface area contributed by atoms with Crippen molar-refractivity contribution in [2.45, 2.75) is 0 Å². The molecule has 1 radical (unpaired) electrons. The lowest BCUT2D eigenvalue weighted by Gasteiger charge is -2.14. The molecule has 3 heteroatoms. The highest BCUT2D eigenvalue weighted by Crippen LogP contribution is 2.41. The average Bonchev–Trinajstić information content (AvgIpc) is 2.46. The topological polar surface area (TPSA) is 27.7 Å². The van der Waals surface area contributed by atoms with E-state index in [9.17, 15) is 0 Å². The summed E-state index contributed by atoms with van der Waals surface area (Å²) in [6.45, 7) is 0. The van der Waals surface area contributed by atoms with Crippen molar-refractivity contribution < 1.29 is 14.2 Å². The number of hydrogen-bond acceptors (Lipinski definition) is 3. The summed E-state index contributed by atoms with van der Waals surface area (Å²) in [6.07, 6.45) is 0. The maximum Gasteiger partial charge on any atom is 0.168 e. The van der Waals surface area contributed by atoms with Crippen molar-refractivity contribution in [1.82, 2.24) is 0 Å². The molecule has 0 unspecified atom stereocenters. The first-order chi connectivity index (χ1) is 8.81. The van der Waals surface area contributed by atoms with Crippen LogP contribution >= 0.6 is 0 Å². The van der Waals surface area contributed by atoms with E-state index in [2.05, 4.69) is 6.07 Å². The third-order valence-electron chi connectivity index (χ3n) is 2.74. The molecule has 0 aromatic heterocycles. The predicted octanol–water partition coefficient (Wildman–Crippen LogP) is 3.18. The highest BCUT2D eigenvalue weighted by molar-refractivity contribution is 5.78. The molecule has 0 amide bonds. The summed E-state index contributed by atoms with van der Waals surface area (Å²) in [7, 11) is 4.89. The molecule has 0 fully saturated rings. The van der Waals surface area contributed by atoms with Crippen LogP contribution in [0.3, 0.4) is 0 Å². The van der Waals surface area contributed by atoms with Gasteiger partial charge >= 0.3 is 0 Å². The largest absolute Gasteiger partial charge is 0.496 e. The van der Waals surface area contributed by atoms with Gasteiger partial charge in [-0.25, -0.2) is 0 Å². The van der Waals surface area contributed by atoms with Gasteiger partial charge in [-0.2, -0.15) is 0 Å². The quantitative estimate of drug-likeness (QED) is 0.825. The molecule has 0 saturated heterocycles. The highest BCUT2D eigenvalue weighted by atomic mass is 16.5. The zero-order valence-electron chi connectivity index (χ0n) is 10.7. The van der Waals surface area contributed by atoms with E-state index in [-0.39, 0.29) is 0 Å². The maximum absolute atomic E-state index is 5.43. The number of hydrogen-bond donors (Lipinski definition) is 0. The van der Waals surface area contributed by atoms with E-state index in [1.54, 1.807) is 27.4 Å². The fourth-order valence-electron chi connectivity index (χ4n) is 1.91. The first-order valence-electron chi connectivity index (χ1n) is 5.57. The van der Waals surface area contributed by atoms with Gasteiger partial charge in [-0.3, -0.25) is 0 Å². The second-order valence-electron chi connectivity index (χ2n) is 3.67. The lowest BCUT2D eigenvalue weighted by atomic mass is 10.0. The Morgan fingerprint density at radius 3 is 2.28 bits per heavy atom. The van der Waals surface area contributed by atoms with Crippen LogP contribution in [0, 0.1) is 6.07 Å². The molecule has 3 nitrogen and oxygen atoms in total. The third kappa shape index (κ3) is 2.12. The highest BCUT2D eigenvalue weighted by Gasteiger charge is 2.14. The first kappa shape index (κ1) is 12.3. The number of para-hydroxylation sites is 1. The SMILES string of the molecule is COc1c[c]ccc1-c1cccc(OC)c1OC. The van der Waals surface area contributed by atoms with Crippen molar-refractivity contribution in [2.24, 2.45) is 0 Å². The van der Waals surface area contributed by atoms with Gasteiger partial charge in [0.15, 0.2) is 11.5 Å². The molecule has 2 aromatic rings. The molecule has 0 aliphatic rings. The van der Waals surface area contributed by atoms with E-state index in [0.717, 1.165) is 16.9 Å². The average molecular weight is 243 g/mol. The fraction of sp³-hybridized carbons (Fsp3) is 0.200. The summed E-state index contributed by atoms with van der Waals surface area (Å²) < 4.78 is 16.1. The van der Waals surface area contributed by atoms with Crippen LogP contribution in [0.4, 0.5) is 0 Å². The first-order valence-corrected chi connectivity index (χ1v) is 5.57. The van der Waals surface area contributed by atoms with E-state index in [0.29, 0.717) is 11.5 Å². The third-order valence-corrected chi connectivity index (χ3v) is 2.74. The van der Waals surface area contributed by atoms with Gasteiger partial charge in [-0.1, -0.05) is 18.2 Å². The minimum Gasteiger partial charge on any atom is -0.496 e. The van der Waals surface area contributed by atoms with Crippen LogP contribution in [0.1, 0.15) is 0 Å². The number of methoxy groups -OCH3 is 3.